The summed E-state index contributed by atoms with van der Waals surface area (Å²) < 4.78 is 0. The highest BCUT2D eigenvalue weighted by molar-refractivity contribution is 4.92. The van der Waals surface area contributed by atoms with Crippen molar-refractivity contribution in [2.24, 2.45) is 5.73 Å². The average Bonchev–Trinajstić information content (AvgIpc) is 2.59. The summed E-state index contributed by atoms with van der Waals surface area (Å²) in [5.74, 6) is 0. The van der Waals surface area contributed by atoms with Crippen molar-refractivity contribution in [2.75, 3.05) is 27.2 Å². The first-order valence-corrected chi connectivity index (χ1v) is 6.90. The summed E-state index contributed by atoms with van der Waals surface area (Å²) in [5, 5.41) is 9.88. The fraction of sp³-hybridized carbons (Fsp3) is 1.00. The van der Waals surface area contributed by atoms with Crippen LogP contribution in [0.15, 0.2) is 0 Å². The molecule has 17 heavy (non-hydrogen) atoms. The molecule has 100 valence electrons. The van der Waals surface area contributed by atoms with Crippen LogP contribution in [0.2, 0.25) is 0 Å². The van der Waals surface area contributed by atoms with Gasteiger partial charge in [-0.3, -0.25) is 4.90 Å². The van der Waals surface area contributed by atoms with E-state index in [1.807, 2.05) is 0 Å². The van der Waals surface area contributed by atoms with Gasteiger partial charge in [-0.15, -0.1) is 0 Å². The lowest BCUT2D eigenvalue weighted by molar-refractivity contribution is 0.108. The highest BCUT2D eigenvalue weighted by Crippen LogP contribution is 2.29. The Kier molecular flexibility index (Phi) is 4.42. The SMILES string of the molecule is CN(C)CC1CC(O)CN1C1CCC(N)CC1. The Morgan fingerprint density at radius 2 is 1.88 bits per heavy atom. The molecule has 1 saturated carbocycles. The quantitative estimate of drug-likeness (QED) is 0.744. The normalized spacial score (nSPS) is 40.1. The zero-order valence-electron chi connectivity index (χ0n) is 11.2. The number of β-amino-alcohol motifs (C(OH)–C–C–N with tert-alkyl or cyclic N) is 1. The minimum absolute atomic E-state index is 0.129. The Morgan fingerprint density at radius 1 is 1.24 bits per heavy atom. The lowest BCUT2D eigenvalue weighted by Crippen LogP contribution is -2.46. The highest BCUT2D eigenvalue weighted by atomic mass is 16.3. The molecule has 3 N–H and O–H groups in total. The molecule has 0 amide bonds. The molecule has 1 saturated heterocycles. The maximum Gasteiger partial charge on any atom is 0.0682 e. The minimum atomic E-state index is -0.129. The van der Waals surface area contributed by atoms with Crippen LogP contribution in [0.3, 0.4) is 0 Å². The molecule has 0 aromatic heterocycles. The van der Waals surface area contributed by atoms with Crippen molar-refractivity contribution in [3.8, 4) is 0 Å². The van der Waals surface area contributed by atoms with Crippen molar-refractivity contribution in [2.45, 2.75) is 56.3 Å². The second kappa shape index (κ2) is 5.65. The third kappa shape index (κ3) is 3.41. The first-order chi connectivity index (χ1) is 8.06. The number of hydrogen-bond donors (Lipinski definition) is 2. The number of hydrogen-bond acceptors (Lipinski definition) is 4. The van der Waals surface area contributed by atoms with E-state index in [0.717, 1.165) is 32.4 Å². The van der Waals surface area contributed by atoms with Gasteiger partial charge >= 0.3 is 0 Å². The molecule has 4 nitrogen and oxygen atoms in total. The topological polar surface area (TPSA) is 52.7 Å². The maximum atomic E-state index is 9.88. The van der Waals surface area contributed by atoms with Crippen LogP contribution < -0.4 is 5.73 Å². The van der Waals surface area contributed by atoms with Gasteiger partial charge in [-0.1, -0.05) is 0 Å². The van der Waals surface area contributed by atoms with Gasteiger partial charge in [0.2, 0.25) is 0 Å². The predicted molar refractivity (Wildman–Crippen MR) is 69.9 cm³/mol. The molecule has 0 bridgehead atoms. The van der Waals surface area contributed by atoms with Crippen molar-refractivity contribution in [1.29, 1.82) is 0 Å². The van der Waals surface area contributed by atoms with Crippen molar-refractivity contribution in [1.82, 2.24) is 9.80 Å². The molecule has 1 aliphatic carbocycles. The zero-order valence-corrected chi connectivity index (χ0v) is 11.2. The van der Waals surface area contributed by atoms with Crippen LogP contribution in [0, 0.1) is 0 Å². The Balaban J connectivity index is 1.93. The maximum absolute atomic E-state index is 9.88. The number of nitrogens with zero attached hydrogens (tertiary/aromatic N) is 2. The molecule has 4 heteroatoms. The molecule has 0 aromatic rings. The molecule has 0 spiro atoms. The van der Waals surface area contributed by atoms with Gasteiger partial charge in [0.15, 0.2) is 0 Å². The van der Waals surface area contributed by atoms with E-state index < -0.39 is 0 Å². The highest BCUT2D eigenvalue weighted by Gasteiger charge is 2.36. The van der Waals surface area contributed by atoms with E-state index >= 15 is 0 Å². The number of aliphatic hydroxyl groups is 1. The number of nitrogens with two attached hydrogens (primary N) is 1. The third-order valence-corrected chi connectivity index (χ3v) is 4.22. The monoisotopic (exact) mass is 241 g/mol. The van der Waals surface area contributed by atoms with E-state index in [-0.39, 0.29) is 6.10 Å². The summed E-state index contributed by atoms with van der Waals surface area (Å²) in [6.07, 6.45) is 5.50. The molecule has 0 radical (unpaired) electrons. The molecule has 2 aliphatic rings. The molecule has 2 unspecified atom stereocenters. The second-order valence-electron chi connectivity index (χ2n) is 6.07. The molecule has 2 fully saturated rings. The van der Waals surface area contributed by atoms with Crippen LogP contribution in [-0.4, -0.2) is 66.3 Å². The summed E-state index contributed by atoms with van der Waals surface area (Å²) in [5.41, 5.74) is 5.96. The standard InChI is InChI=1S/C13H27N3O/c1-15(2)8-12-7-13(17)9-16(12)11-5-3-10(14)4-6-11/h10-13,17H,3-9,14H2,1-2H3. The van der Waals surface area contributed by atoms with Crippen LogP contribution in [0.5, 0.6) is 0 Å². The van der Waals surface area contributed by atoms with E-state index in [1.54, 1.807) is 0 Å². The molecule has 2 rings (SSSR count). The van der Waals surface area contributed by atoms with Crippen LogP contribution in [0.1, 0.15) is 32.1 Å². The number of aliphatic hydroxyl groups excluding tert-OH is 1. The van der Waals surface area contributed by atoms with E-state index in [2.05, 4.69) is 23.9 Å². The van der Waals surface area contributed by atoms with E-state index in [9.17, 15) is 5.11 Å². The van der Waals surface area contributed by atoms with E-state index in [1.165, 1.54) is 12.8 Å². The third-order valence-electron chi connectivity index (χ3n) is 4.22. The fourth-order valence-corrected chi connectivity index (χ4v) is 3.40. The van der Waals surface area contributed by atoms with Crippen LogP contribution >= 0.6 is 0 Å². The van der Waals surface area contributed by atoms with Gasteiger partial charge in [0, 0.05) is 31.2 Å². The Morgan fingerprint density at radius 3 is 2.47 bits per heavy atom. The van der Waals surface area contributed by atoms with Gasteiger partial charge in [-0.05, 0) is 46.2 Å². The minimum Gasteiger partial charge on any atom is -0.392 e. The number of likely N-dealkylation sites (N-methyl/N-ethyl adjacent to an activating group) is 1. The van der Waals surface area contributed by atoms with E-state index in [4.69, 9.17) is 5.73 Å². The molecule has 1 aliphatic heterocycles. The fourth-order valence-electron chi connectivity index (χ4n) is 3.40. The van der Waals surface area contributed by atoms with Crippen molar-refractivity contribution in [3.05, 3.63) is 0 Å². The van der Waals surface area contributed by atoms with Gasteiger partial charge in [-0.2, -0.15) is 0 Å². The van der Waals surface area contributed by atoms with Gasteiger partial charge < -0.3 is 15.7 Å². The molecule has 2 atom stereocenters. The largest absolute Gasteiger partial charge is 0.392 e. The van der Waals surface area contributed by atoms with Crippen LogP contribution in [0.4, 0.5) is 0 Å². The second-order valence-corrected chi connectivity index (χ2v) is 6.07. The summed E-state index contributed by atoms with van der Waals surface area (Å²) in [6, 6.07) is 1.59. The van der Waals surface area contributed by atoms with Gasteiger partial charge in [-0.25, -0.2) is 0 Å². The molecular weight excluding hydrogens is 214 g/mol. The first-order valence-electron chi connectivity index (χ1n) is 6.90. The Bertz CT molecular complexity index is 239. The van der Waals surface area contributed by atoms with Crippen molar-refractivity contribution in [3.63, 3.8) is 0 Å². The lowest BCUT2D eigenvalue weighted by Gasteiger charge is -2.37. The lowest BCUT2D eigenvalue weighted by atomic mass is 9.90. The van der Waals surface area contributed by atoms with Crippen LogP contribution in [0.25, 0.3) is 0 Å². The molecule has 1 heterocycles. The summed E-state index contributed by atoms with van der Waals surface area (Å²) in [6.45, 7) is 1.91. The summed E-state index contributed by atoms with van der Waals surface area (Å²) >= 11 is 0. The first kappa shape index (κ1) is 13.3. The zero-order chi connectivity index (χ0) is 12.4. The van der Waals surface area contributed by atoms with E-state index in [0.29, 0.717) is 18.1 Å². The van der Waals surface area contributed by atoms with Gasteiger partial charge in [0.1, 0.15) is 0 Å². The summed E-state index contributed by atoms with van der Waals surface area (Å²) in [4.78, 5) is 4.76. The predicted octanol–water partition coefficient (Wildman–Crippen LogP) is 0.253. The smallest absolute Gasteiger partial charge is 0.0682 e. The van der Waals surface area contributed by atoms with Gasteiger partial charge in [0.05, 0.1) is 6.10 Å². The average molecular weight is 241 g/mol. The number of likely N-dealkylation sites (tertiary alicyclic amines) is 1. The number of rotatable bonds is 3. The van der Waals surface area contributed by atoms with Crippen molar-refractivity contribution < 1.29 is 5.11 Å². The molecular formula is C13H27N3O. The van der Waals surface area contributed by atoms with Crippen molar-refractivity contribution >= 4 is 0 Å². The van der Waals surface area contributed by atoms with Crippen LogP contribution in [-0.2, 0) is 0 Å². The summed E-state index contributed by atoms with van der Waals surface area (Å²) in [7, 11) is 4.22. The molecule has 0 aromatic carbocycles. The Labute approximate surface area is 105 Å². The van der Waals surface area contributed by atoms with Gasteiger partial charge in [0.25, 0.3) is 0 Å². The Hall–Kier alpha value is -0.160.